The lowest BCUT2D eigenvalue weighted by Crippen LogP contribution is -2.39. The molecule has 0 saturated heterocycles. The van der Waals surface area contributed by atoms with Gasteiger partial charge in [0.15, 0.2) is 5.96 Å². The first kappa shape index (κ1) is 20.4. The van der Waals surface area contributed by atoms with Crippen LogP contribution >= 0.6 is 24.0 Å². The monoisotopic (exact) mass is 448 g/mol. The topological polar surface area (TPSA) is 32.6 Å². The molecule has 0 fully saturated rings. The first-order valence-corrected chi connectivity index (χ1v) is 7.47. The van der Waals surface area contributed by atoms with Crippen LogP contribution in [-0.4, -0.2) is 36.1 Å². The summed E-state index contributed by atoms with van der Waals surface area (Å²) in [6.07, 6.45) is 2.25. The molecule has 1 heterocycles. The standard InChI is InChI=1S/C17H22F2N4.HI/c1-20-17(23(3)12-13-6-5-11-22(13)2)21-10-9-14-15(18)7-4-8-16(14)19;/h4-8,11H,9-10,12H2,1-3H3,(H,20,21);1H. The minimum absolute atomic E-state index is 0. The quantitative estimate of drug-likeness (QED) is 0.433. The number of guanidine groups is 1. The van der Waals surface area contributed by atoms with Crippen molar-refractivity contribution in [2.24, 2.45) is 12.0 Å². The maximum Gasteiger partial charge on any atom is 0.193 e. The molecule has 0 radical (unpaired) electrons. The number of aromatic nitrogens is 1. The van der Waals surface area contributed by atoms with E-state index in [1.807, 2.05) is 41.9 Å². The average molecular weight is 448 g/mol. The van der Waals surface area contributed by atoms with E-state index in [1.54, 1.807) is 7.05 Å². The van der Waals surface area contributed by atoms with Crippen molar-refractivity contribution in [3.8, 4) is 0 Å². The molecule has 4 nitrogen and oxygen atoms in total. The molecule has 0 bridgehead atoms. The van der Waals surface area contributed by atoms with Crippen molar-refractivity contribution in [3.05, 3.63) is 59.4 Å². The predicted molar refractivity (Wildman–Crippen MR) is 104 cm³/mol. The number of nitrogens with one attached hydrogen (secondary N) is 1. The van der Waals surface area contributed by atoms with Crippen LogP contribution in [0.5, 0.6) is 0 Å². The van der Waals surface area contributed by atoms with E-state index in [0.717, 1.165) is 5.69 Å². The van der Waals surface area contributed by atoms with Gasteiger partial charge in [0, 0.05) is 45.1 Å². The Morgan fingerprint density at radius 2 is 1.88 bits per heavy atom. The van der Waals surface area contributed by atoms with Crippen LogP contribution in [0.1, 0.15) is 11.3 Å². The van der Waals surface area contributed by atoms with E-state index in [1.165, 1.54) is 18.2 Å². The molecule has 1 aromatic carbocycles. The second-order valence-corrected chi connectivity index (χ2v) is 5.39. The molecule has 1 N–H and O–H groups in total. The first-order chi connectivity index (χ1) is 11.0. The summed E-state index contributed by atoms with van der Waals surface area (Å²) in [5, 5.41) is 3.14. The van der Waals surface area contributed by atoms with Crippen LogP contribution in [0.15, 0.2) is 41.5 Å². The fourth-order valence-electron chi connectivity index (χ4n) is 2.43. The van der Waals surface area contributed by atoms with E-state index in [9.17, 15) is 8.78 Å². The molecule has 7 heteroatoms. The summed E-state index contributed by atoms with van der Waals surface area (Å²) in [7, 11) is 5.60. The molecule has 0 atom stereocenters. The molecule has 0 unspecified atom stereocenters. The summed E-state index contributed by atoms with van der Waals surface area (Å²) in [5.74, 6) is -0.346. The molecule has 0 aliphatic heterocycles. The summed E-state index contributed by atoms with van der Waals surface area (Å²) >= 11 is 0. The number of hydrogen-bond donors (Lipinski definition) is 1. The number of halogens is 3. The lowest BCUT2D eigenvalue weighted by Gasteiger charge is -2.22. The number of aliphatic imine (C=N–C) groups is 1. The second-order valence-electron chi connectivity index (χ2n) is 5.39. The second kappa shape index (κ2) is 9.61. The van der Waals surface area contributed by atoms with Gasteiger partial charge in [-0.3, -0.25) is 4.99 Å². The minimum atomic E-state index is -0.515. The summed E-state index contributed by atoms with van der Waals surface area (Å²) < 4.78 is 29.2. The van der Waals surface area contributed by atoms with Crippen molar-refractivity contribution in [2.75, 3.05) is 20.6 Å². The highest BCUT2D eigenvalue weighted by atomic mass is 127. The SMILES string of the molecule is CN=C(NCCc1c(F)cccc1F)N(C)Cc1cccn1C.I. The Bertz CT molecular complexity index is 665. The first-order valence-electron chi connectivity index (χ1n) is 7.47. The van der Waals surface area contributed by atoms with Crippen molar-refractivity contribution in [3.63, 3.8) is 0 Å². The average Bonchev–Trinajstić information content (AvgIpc) is 2.91. The van der Waals surface area contributed by atoms with Crippen LogP contribution in [0.3, 0.4) is 0 Å². The van der Waals surface area contributed by atoms with Crippen molar-refractivity contribution in [1.82, 2.24) is 14.8 Å². The summed E-state index contributed by atoms with van der Waals surface area (Å²) in [6, 6.07) is 7.94. The van der Waals surface area contributed by atoms with Gasteiger partial charge in [0.2, 0.25) is 0 Å². The number of hydrogen-bond acceptors (Lipinski definition) is 1. The van der Waals surface area contributed by atoms with E-state index < -0.39 is 11.6 Å². The van der Waals surface area contributed by atoms with Gasteiger partial charge in [0.05, 0.1) is 6.54 Å². The Morgan fingerprint density at radius 3 is 2.42 bits per heavy atom. The molecule has 24 heavy (non-hydrogen) atoms. The Labute approximate surface area is 158 Å². The van der Waals surface area contributed by atoms with Crippen molar-refractivity contribution < 1.29 is 8.78 Å². The van der Waals surface area contributed by atoms with E-state index in [4.69, 9.17) is 0 Å². The molecule has 0 aliphatic rings. The van der Waals surface area contributed by atoms with E-state index in [-0.39, 0.29) is 36.0 Å². The Hall–Kier alpha value is -1.64. The molecule has 0 spiro atoms. The third-order valence-electron chi connectivity index (χ3n) is 3.74. The normalized spacial score (nSPS) is 11.1. The van der Waals surface area contributed by atoms with Gasteiger partial charge in [0.1, 0.15) is 11.6 Å². The highest BCUT2D eigenvalue weighted by Crippen LogP contribution is 2.12. The van der Waals surface area contributed by atoms with Gasteiger partial charge in [-0.15, -0.1) is 24.0 Å². The number of aryl methyl sites for hydroxylation is 1. The van der Waals surface area contributed by atoms with Gasteiger partial charge in [-0.05, 0) is 30.7 Å². The van der Waals surface area contributed by atoms with Gasteiger partial charge in [0.25, 0.3) is 0 Å². The molecular formula is C17H23F2IN4. The maximum atomic E-state index is 13.6. The lowest BCUT2D eigenvalue weighted by atomic mass is 10.1. The largest absolute Gasteiger partial charge is 0.356 e. The zero-order valence-corrected chi connectivity index (χ0v) is 16.4. The van der Waals surface area contributed by atoms with Gasteiger partial charge >= 0.3 is 0 Å². The third kappa shape index (κ3) is 5.19. The molecule has 0 saturated carbocycles. The fourth-order valence-corrected chi connectivity index (χ4v) is 2.43. The minimum Gasteiger partial charge on any atom is -0.356 e. The molecule has 0 amide bonds. The Morgan fingerprint density at radius 1 is 1.21 bits per heavy atom. The zero-order valence-electron chi connectivity index (χ0n) is 14.1. The molecule has 2 aromatic rings. The smallest absolute Gasteiger partial charge is 0.193 e. The van der Waals surface area contributed by atoms with Crippen LogP contribution in [0.25, 0.3) is 0 Å². The zero-order chi connectivity index (χ0) is 16.8. The van der Waals surface area contributed by atoms with Gasteiger partial charge in [-0.2, -0.15) is 0 Å². The number of rotatable bonds is 5. The predicted octanol–water partition coefficient (Wildman–Crippen LogP) is 3.17. The molecule has 1 aromatic heterocycles. The van der Waals surface area contributed by atoms with Gasteiger partial charge in [-0.25, -0.2) is 8.78 Å². The Kier molecular flexibility index (Phi) is 8.17. The van der Waals surface area contributed by atoms with Crippen LogP contribution in [0.4, 0.5) is 8.78 Å². The van der Waals surface area contributed by atoms with Crippen LogP contribution in [0, 0.1) is 11.6 Å². The van der Waals surface area contributed by atoms with Gasteiger partial charge < -0.3 is 14.8 Å². The number of nitrogens with zero attached hydrogens (tertiary/aromatic N) is 3. The highest BCUT2D eigenvalue weighted by molar-refractivity contribution is 14.0. The van der Waals surface area contributed by atoms with E-state index in [0.29, 0.717) is 19.0 Å². The van der Waals surface area contributed by atoms with Gasteiger partial charge in [-0.1, -0.05) is 6.07 Å². The lowest BCUT2D eigenvalue weighted by molar-refractivity contribution is 0.461. The third-order valence-corrected chi connectivity index (χ3v) is 3.74. The summed E-state index contributed by atoms with van der Waals surface area (Å²) in [6.45, 7) is 1.10. The molecule has 0 aliphatic carbocycles. The van der Waals surface area contributed by atoms with Crippen molar-refractivity contribution in [2.45, 2.75) is 13.0 Å². The maximum absolute atomic E-state index is 13.6. The number of benzene rings is 1. The van der Waals surface area contributed by atoms with Crippen molar-refractivity contribution in [1.29, 1.82) is 0 Å². The molecule has 132 valence electrons. The van der Waals surface area contributed by atoms with E-state index >= 15 is 0 Å². The summed E-state index contributed by atoms with van der Waals surface area (Å²) in [5.41, 5.74) is 1.25. The summed E-state index contributed by atoms with van der Waals surface area (Å²) in [4.78, 5) is 6.17. The van der Waals surface area contributed by atoms with E-state index in [2.05, 4.69) is 10.3 Å². The fraction of sp³-hybridized carbons (Fsp3) is 0.353. The Balaban J connectivity index is 0.00000288. The van der Waals surface area contributed by atoms with Crippen LogP contribution < -0.4 is 5.32 Å². The molecule has 2 rings (SSSR count). The van der Waals surface area contributed by atoms with Crippen LogP contribution in [0.2, 0.25) is 0 Å². The molecular weight excluding hydrogens is 425 g/mol. The van der Waals surface area contributed by atoms with Crippen molar-refractivity contribution >= 4 is 29.9 Å². The highest BCUT2D eigenvalue weighted by Gasteiger charge is 2.11. The van der Waals surface area contributed by atoms with Crippen LogP contribution in [-0.2, 0) is 20.0 Å².